The fourth-order valence-electron chi connectivity index (χ4n) is 3.26. The van der Waals surface area contributed by atoms with E-state index >= 15 is 0 Å². The summed E-state index contributed by atoms with van der Waals surface area (Å²) < 4.78 is 0. The molecule has 21 heavy (non-hydrogen) atoms. The predicted molar refractivity (Wildman–Crippen MR) is 88.1 cm³/mol. The molecule has 0 aliphatic heterocycles. The third kappa shape index (κ3) is 3.02. The van der Waals surface area contributed by atoms with Gasteiger partial charge in [0.25, 0.3) is 0 Å². The molecule has 2 aromatic carbocycles. The second kappa shape index (κ2) is 6.00. The Morgan fingerprint density at radius 1 is 0.952 bits per heavy atom. The lowest BCUT2D eigenvalue weighted by Crippen LogP contribution is -2.29. The number of rotatable bonds is 4. The minimum absolute atomic E-state index is 0.0547. The molecule has 2 aromatic rings. The smallest absolute Gasteiger partial charge is 0.0710 e. The van der Waals surface area contributed by atoms with Crippen LogP contribution < -0.4 is 11.3 Å². The Kier molecular flexibility index (Phi) is 4.09. The highest BCUT2D eigenvalue weighted by molar-refractivity contribution is 5.38. The van der Waals surface area contributed by atoms with Crippen LogP contribution >= 0.6 is 0 Å². The van der Waals surface area contributed by atoms with E-state index in [4.69, 9.17) is 5.84 Å². The molecule has 1 unspecified atom stereocenters. The Morgan fingerprint density at radius 2 is 1.57 bits per heavy atom. The molecule has 1 fully saturated rings. The van der Waals surface area contributed by atoms with Gasteiger partial charge in [-0.3, -0.25) is 5.84 Å². The van der Waals surface area contributed by atoms with Crippen LogP contribution in [-0.2, 0) is 0 Å². The lowest BCUT2D eigenvalue weighted by atomic mass is 9.79. The van der Waals surface area contributed by atoms with Crippen molar-refractivity contribution in [3.05, 3.63) is 70.3 Å². The van der Waals surface area contributed by atoms with Gasteiger partial charge in [0.05, 0.1) is 6.04 Å². The fraction of sp³-hybridized carbons (Fsp3) is 0.368. The van der Waals surface area contributed by atoms with E-state index in [0.29, 0.717) is 0 Å². The summed E-state index contributed by atoms with van der Waals surface area (Å²) in [4.78, 5) is 0. The molecule has 0 spiro atoms. The zero-order chi connectivity index (χ0) is 14.8. The van der Waals surface area contributed by atoms with E-state index in [9.17, 15) is 0 Å². The molecule has 3 N–H and O–H groups in total. The molecule has 0 bridgehead atoms. The van der Waals surface area contributed by atoms with Crippen molar-refractivity contribution in [2.45, 2.75) is 45.1 Å². The molecular formula is C19H24N2. The Labute approximate surface area is 127 Å². The molecule has 0 saturated heterocycles. The zero-order valence-corrected chi connectivity index (χ0v) is 12.9. The topological polar surface area (TPSA) is 38.0 Å². The van der Waals surface area contributed by atoms with Crippen molar-refractivity contribution in [2.24, 2.45) is 5.84 Å². The molecule has 0 aromatic heterocycles. The SMILES string of the molecule is Cc1cc(C)cc(C(NN)c2ccc(C3CCC3)cc2)c1. The molecule has 1 atom stereocenters. The summed E-state index contributed by atoms with van der Waals surface area (Å²) in [6, 6.07) is 15.6. The largest absolute Gasteiger partial charge is 0.271 e. The minimum Gasteiger partial charge on any atom is -0.271 e. The number of hydrazine groups is 1. The molecule has 1 aliphatic rings. The van der Waals surface area contributed by atoms with Crippen molar-refractivity contribution in [2.75, 3.05) is 0 Å². The van der Waals surface area contributed by atoms with Crippen molar-refractivity contribution >= 4 is 0 Å². The Balaban J connectivity index is 1.88. The molecule has 0 heterocycles. The van der Waals surface area contributed by atoms with Gasteiger partial charge in [-0.05, 0) is 49.3 Å². The third-order valence-electron chi connectivity index (χ3n) is 4.59. The van der Waals surface area contributed by atoms with Gasteiger partial charge < -0.3 is 0 Å². The van der Waals surface area contributed by atoms with Crippen molar-refractivity contribution in [3.63, 3.8) is 0 Å². The van der Waals surface area contributed by atoms with Crippen LogP contribution in [-0.4, -0.2) is 0 Å². The van der Waals surface area contributed by atoms with Crippen LogP contribution in [0, 0.1) is 13.8 Å². The summed E-state index contributed by atoms with van der Waals surface area (Å²) in [6.45, 7) is 4.26. The van der Waals surface area contributed by atoms with Crippen LogP contribution in [0.1, 0.15) is 59.0 Å². The van der Waals surface area contributed by atoms with Gasteiger partial charge in [0, 0.05) is 0 Å². The molecule has 0 amide bonds. The molecule has 1 aliphatic carbocycles. The molecule has 0 radical (unpaired) electrons. The Hall–Kier alpha value is -1.64. The van der Waals surface area contributed by atoms with Gasteiger partial charge in [0.15, 0.2) is 0 Å². The first-order valence-electron chi connectivity index (χ1n) is 7.81. The average Bonchev–Trinajstić information content (AvgIpc) is 2.38. The molecule has 2 nitrogen and oxygen atoms in total. The van der Waals surface area contributed by atoms with Crippen molar-refractivity contribution in [1.82, 2.24) is 5.43 Å². The normalized spacial score (nSPS) is 16.5. The van der Waals surface area contributed by atoms with E-state index in [1.165, 1.54) is 47.1 Å². The molecule has 2 heteroatoms. The van der Waals surface area contributed by atoms with Crippen LogP contribution in [0.25, 0.3) is 0 Å². The number of nitrogens with one attached hydrogen (secondary N) is 1. The van der Waals surface area contributed by atoms with Crippen LogP contribution in [0.5, 0.6) is 0 Å². The lowest BCUT2D eigenvalue weighted by Gasteiger charge is -2.26. The van der Waals surface area contributed by atoms with E-state index in [2.05, 4.69) is 61.7 Å². The number of benzene rings is 2. The summed E-state index contributed by atoms with van der Waals surface area (Å²) >= 11 is 0. The van der Waals surface area contributed by atoms with Gasteiger partial charge in [0.2, 0.25) is 0 Å². The van der Waals surface area contributed by atoms with Gasteiger partial charge >= 0.3 is 0 Å². The maximum absolute atomic E-state index is 5.82. The lowest BCUT2D eigenvalue weighted by molar-refractivity contribution is 0.419. The summed E-state index contributed by atoms with van der Waals surface area (Å²) in [5.41, 5.74) is 9.44. The van der Waals surface area contributed by atoms with E-state index in [1.807, 2.05) is 0 Å². The zero-order valence-electron chi connectivity index (χ0n) is 12.9. The monoisotopic (exact) mass is 280 g/mol. The second-order valence-electron chi connectivity index (χ2n) is 6.32. The highest BCUT2D eigenvalue weighted by Crippen LogP contribution is 2.36. The maximum Gasteiger partial charge on any atom is 0.0710 e. The number of hydrogen-bond acceptors (Lipinski definition) is 2. The highest BCUT2D eigenvalue weighted by Gasteiger charge is 2.20. The molecule has 110 valence electrons. The molecular weight excluding hydrogens is 256 g/mol. The molecule has 1 saturated carbocycles. The number of hydrogen-bond donors (Lipinski definition) is 2. The van der Waals surface area contributed by atoms with E-state index < -0.39 is 0 Å². The summed E-state index contributed by atoms with van der Waals surface area (Å²) in [7, 11) is 0. The van der Waals surface area contributed by atoms with Crippen molar-refractivity contribution in [3.8, 4) is 0 Å². The predicted octanol–water partition coefficient (Wildman–Crippen LogP) is 4.12. The summed E-state index contributed by atoms with van der Waals surface area (Å²) in [5, 5.41) is 0. The second-order valence-corrected chi connectivity index (χ2v) is 6.32. The quantitative estimate of drug-likeness (QED) is 0.653. The average molecular weight is 280 g/mol. The van der Waals surface area contributed by atoms with Crippen LogP contribution in [0.15, 0.2) is 42.5 Å². The van der Waals surface area contributed by atoms with Crippen molar-refractivity contribution < 1.29 is 0 Å². The standard InChI is InChI=1S/C19H24N2/c1-13-10-14(2)12-18(11-13)19(21-20)17-8-6-16(7-9-17)15-4-3-5-15/h6-12,15,19,21H,3-5,20H2,1-2H3. The highest BCUT2D eigenvalue weighted by atomic mass is 15.2. The van der Waals surface area contributed by atoms with Gasteiger partial charge in [-0.25, -0.2) is 5.43 Å². The van der Waals surface area contributed by atoms with Gasteiger partial charge in [-0.1, -0.05) is 60.0 Å². The first-order valence-corrected chi connectivity index (χ1v) is 7.81. The van der Waals surface area contributed by atoms with Crippen LogP contribution in [0.4, 0.5) is 0 Å². The van der Waals surface area contributed by atoms with Crippen LogP contribution in [0.3, 0.4) is 0 Å². The number of aryl methyl sites for hydroxylation is 2. The van der Waals surface area contributed by atoms with E-state index in [-0.39, 0.29) is 6.04 Å². The maximum atomic E-state index is 5.82. The van der Waals surface area contributed by atoms with E-state index in [1.54, 1.807) is 0 Å². The minimum atomic E-state index is 0.0547. The van der Waals surface area contributed by atoms with Gasteiger partial charge in [0.1, 0.15) is 0 Å². The summed E-state index contributed by atoms with van der Waals surface area (Å²) in [6.07, 6.45) is 4.06. The van der Waals surface area contributed by atoms with Crippen LogP contribution in [0.2, 0.25) is 0 Å². The van der Waals surface area contributed by atoms with E-state index in [0.717, 1.165) is 5.92 Å². The van der Waals surface area contributed by atoms with Gasteiger partial charge in [-0.2, -0.15) is 0 Å². The third-order valence-corrected chi connectivity index (χ3v) is 4.59. The van der Waals surface area contributed by atoms with Gasteiger partial charge in [-0.15, -0.1) is 0 Å². The fourth-order valence-corrected chi connectivity index (χ4v) is 3.26. The first-order chi connectivity index (χ1) is 10.2. The first kappa shape index (κ1) is 14.3. The van der Waals surface area contributed by atoms with Crippen molar-refractivity contribution in [1.29, 1.82) is 0 Å². The Bertz CT molecular complexity index is 592. The molecule has 3 rings (SSSR count). The Morgan fingerprint density at radius 3 is 2.05 bits per heavy atom. The summed E-state index contributed by atoms with van der Waals surface area (Å²) in [5.74, 6) is 6.60. The number of nitrogens with two attached hydrogens (primary N) is 1.